The largest absolute Gasteiger partial charge is 0.487 e. The number of nitrogens with zero attached hydrogens (tertiary/aromatic N) is 3. The Kier molecular flexibility index (Phi) is 8.67. The number of aromatic nitrogens is 2. The number of carbonyl (C=O) groups excluding carboxylic acids is 1. The van der Waals surface area contributed by atoms with Gasteiger partial charge >= 0.3 is 6.09 Å². The normalized spacial score (nSPS) is 18.4. The lowest BCUT2D eigenvalue weighted by atomic mass is 10.2. The Morgan fingerprint density at radius 1 is 1.21 bits per heavy atom. The molecule has 0 bridgehead atoms. The second-order valence-electron chi connectivity index (χ2n) is 9.81. The van der Waals surface area contributed by atoms with E-state index in [0.29, 0.717) is 61.4 Å². The molecule has 1 amide bonds. The van der Waals surface area contributed by atoms with E-state index in [1.165, 1.54) is 29.8 Å². The van der Waals surface area contributed by atoms with Gasteiger partial charge in [-0.05, 0) is 42.0 Å². The molecule has 0 radical (unpaired) electrons. The Bertz CT molecular complexity index is 1650. The van der Waals surface area contributed by atoms with Crippen molar-refractivity contribution in [1.29, 1.82) is 0 Å². The minimum Gasteiger partial charge on any atom is -0.487 e. The highest BCUT2D eigenvalue weighted by molar-refractivity contribution is 7.19. The smallest absolute Gasteiger partial charge is 0.410 e. The van der Waals surface area contributed by atoms with Crippen molar-refractivity contribution in [3.05, 3.63) is 76.1 Å². The van der Waals surface area contributed by atoms with Crippen molar-refractivity contribution in [2.24, 2.45) is 0 Å². The monoisotopic (exact) mass is 607 g/mol. The van der Waals surface area contributed by atoms with Crippen LogP contribution in [0.2, 0.25) is 5.02 Å². The first-order chi connectivity index (χ1) is 20.5. The summed E-state index contributed by atoms with van der Waals surface area (Å²) in [5, 5.41) is 7.88. The fourth-order valence-corrected chi connectivity index (χ4v) is 5.76. The molecule has 2 aliphatic rings. The Balaban J connectivity index is 1.07. The zero-order valence-electron chi connectivity index (χ0n) is 22.4. The summed E-state index contributed by atoms with van der Waals surface area (Å²) in [6, 6.07) is 13.5. The molecule has 2 saturated heterocycles. The second-order valence-corrected chi connectivity index (χ2v) is 11.2. The number of ether oxygens (including phenoxy) is 3. The van der Waals surface area contributed by atoms with Crippen LogP contribution in [0.15, 0.2) is 54.9 Å². The third-order valence-corrected chi connectivity index (χ3v) is 8.06. The molecule has 0 saturated carbocycles. The van der Waals surface area contributed by atoms with Crippen LogP contribution in [-0.2, 0) is 16.1 Å². The van der Waals surface area contributed by atoms with Crippen molar-refractivity contribution in [1.82, 2.24) is 20.2 Å². The van der Waals surface area contributed by atoms with Gasteiger partial charge in [-0.1, -0.05) is 35.6 Å². The van der Waals surface area contributed by atoms with E-state index in [1.807, 2.05) is 12.1 Å². The number of hydrogen-bond donors (Lipinski definition) is 2. The number of nitrogens with one attached hydrogen (secondary N) is 2. The fraction of sp³-hybridized carbons (Fsp3) is 0.300. The zero-order chi connectivity index (χ0) is 28.9. The van der Waals surface area contributed by atoms with Crippen molar-refractivity contribution >= 4 is 50.8 Å². The van der Waals surface area contributed by atoms with Crippen LogP contribution in [0, 0.1) is 17.7 Å². The average Bonchev–Trinajstić information content (AvgIpc) is 3.63. The Hall–Kier alpha value is -3.95. The standard InChI is InChI=1S/C30H27ClFN5O4S/c31-26-14-22(5-7-27(26)40-17-19-2-1-3-20(32)12-19)36-28-25-15-24(42-29(25)35-18-34-28)6-4-21-13-23(16-33-21)41-30(38)37-8-10-39-11-9-37/h1-3,5,7,12,14-15,18,21,23,33H,8-11,13,16-17H2,(H,34,35,36)/t21-,23-/m0/s1. The highest BCUT2D eigenvalue weighted by Gasteiger charge is 2.28. The van der Waals surface area contributed by atoms with Gasteiger partial charge in [0.25, 0.3) is 0 Å². The number of thiophene rings is 1. The number of fused-ring (bicyclic) bond motifs is 1. The molecule has 0 spiro atoms. The highest BCUT2D eigenvalue weighted by Crippen LogP contribution is 2.33. The molecule has 2 N–H and O–H groups in total. The maximum absolute atomic E-state index is 13.4. The molecule has 2 aromatic carbocycles. The van der Waals surface area contributed by atoms with Crippen LogP contribution in [0.25, 0.3) is 10.2 Å². The third kappa shape index (κ3) is 6.91. The number of carbonyl (C=O) groups is 1. The van der Waals surface area contributed by atoms with Crippen molar-refractivity contribution in [3.63, 3.8) is 0 Å². The molecule has 4 heterocycles. The van der Waals surface area contributed by atoms with E-state index in [-0.39, 0.29) is 30.7 Å². The average molecular weight is 608 g/mol. The highest BCUT2D eigenvalue weighted by atomic mass is 35.5. The second kappa shape index (κ2) is 12.9. The van der Waals surface area contributed by atoms with Crippen LogP contribution < -0.4 is 15.4 Å². The number of halogens is 2. The van der Waals surface area contributed by atoms with Crippen LogP contribution >= 0.6 is 22.9 Å². The van der Waals surface area contributed by atoms with Gasteiger partial charge in [0.05, 0.1) is 34.5 Å². The number of rotatable bonds is 6. The first kappa shape index (κ1) is 28.2. The number of morpholine rings is 1. The Labute approximate surface area is 251 Å². The summed E-state index contributed by atoms with van der Waals surface area (Å²) in [5.74, 6) is 7.29. The van der Waals surface area contributed by atoms with Crippen molar-refractivity contribution in [2.75, 3.05) is 38.2 Å². The SMILES string of the molecule is O=C(O[C@@H]1CN[C@@H](C#Cc2cc3c(Nc4ccc(OCc5cccc(F)c5)c(Cl)c4)ncnc3s2)C1)N1CCOCC1. The summed E-state index contributed by atoms with van der Waals surface area (Å²) in [6.45, 7) is 2.95. The molecule has 2 aliphatic heterocycles. The molecule has 216 valence electrons. The molecule has 2 atom stereocenters. The van der Waals surface area contributed by atoms with Crippen molar-refractivity contribution in [3.8, 4) is 17.6 Å². The van der Waals surface area contributed by atoms with E-state index in [9.17, 15) is 9.18 Å². The van der Waals surface area contributed by atoms with Crippen LogP contribution in [0.5, 0.6) is 5.75 Å². The lowest BCUT2D eigenvalue weighted by Crippen LogP contribution is -2.42. The Morgan fingerprint density at radius 3 is 2.93 bits per heavy atom. The predicted molar refractivity (Wildman–Crippen MR) is 159 cm³/mol. The maximum Gasteiger partial charge on any atom is 0.410 e. The van der Waals surface area contributed by atoms with E-state index in [4.69, 9.17) is 25.8 Å². The number of amides is 1. The predicted octanol–water partition coefficient (Wildman–Crippen LogP) is 5.36. The molecule has 6 rings (SSSR count). The summed E-state index contributed by atoms with van der Waals surface area (Å²) in [6.07, 6.45) is 1.62. The molecule has 0 unspecified atom stereocenters. The van der Waals surface area contributed by atoms with Gasteiger partial charge in [-0.2, -0.15) is 0 Å². The summed E-state index contributed by atoms with van der Waals surface area (Å²) in [5.41, 5.74) is 1.44. The molecule has 2 aromatic heterocycles. The first-order valence-corrected chi connectivity index (χ1v) is 14.7. The zero-order valence-corrected chi connectivity index (χ0v) is 24.0. The lowest BCUT2D eigenvalue weighted by Gasteiger charge is -2.27. The lowest BCUT2D eigenvalue weighted by molar-refractivity contribution is 0.0156. The molecular formula is C30H27ClFN5O4S. The van der Waals surface area contributed by atoms with Crippen LogP contribution in [0.3, 0.4) is 0 Å². The van der Waals surface area contributed by atoms with Crippen LogP contribution in [0.4, 0.5) is 20.7 Å². The number of hydrogen-bond acceptors (Lipinski definition) is 9. The molecule has 9 nitrogen and oxygen atoms in total. The minimum absolute atomic E-state index is 0.0785. The number of benzene rings is 2. The molecular weight excluding hydrogens is 581 g/mol. The van der Waals surface area contributed by atoms with Gasteiger partial charge in [0.15, 0.2) is 0 Å². The molecule has 42 heavy (non-hydrogen) atoms. The fourth-order valence-electron chi connectivity index (χ4n) is 4.66. The molecule has 12 heteroatoms. The summed E-state index contributed by atoms with van der Waals surface area (Å²) >= 11 is 7.95. The van der Waals surface area contributed by atoms with E-state index in [0.717, 1.165) is 20.8 Å². The van der Waals surface area contributed by atoms with E-state index in [1.54, 1.807) is 29.2 Å². The van der Waals surface area contributed by atoms with Gasteiger partial charge < -0.3 is 24.4 Å². The van der Waals surface area contributed by atoms with E-state index in [2.05, 4.69) is 32.4 Å². The quantitative estimate of drug-likeness (QED) is 0.283. The topological polar surface area (TPSA) is 97.8 Å². The van der Waals surface area contributed by atoms with Crippen molar-refractivity contribution < 1.29 is 23.4 Å². The summed E-state index contributed by atoms with van der Waals surface area (Å²) in [4.78, 5) is 24.5. The van der Waals surface area contributed by atoms with Gasteiger partial charge in [0, 0.05) is 31.7 Å². The summed E-state index contributed by atoms with van der Waals surface area (Å²) < 4.78 is 30.2. The minimum atomic E-state index is -0.313. The third-order valence-electron chi connectivity index (χ3n) is 6.80. The van der Waals surface area contributed by atoms with Gasteiger partial charge in [-0.15, -0.1) is 11.3 Å². The maximum atomic E-state index is 13.4. The summed E-state index contributed by atoms with van der Waals surface area (Å²) in [7, 11) is 0. The number of anilines is 2. The van der Waals surface area contributed by atoms with Gasteiger partial charge in [0.1, 0.15) is 41.3 Å². The van der Waals surface area contributed by atoms with Crippen LogP contribution in [0.1, 0.15) is 16.9 Å². The van der Waals surface area contributed by atoms with Gasteiger partial charge in [-0.25, -0.2) is 19.2 Å². The van der Waals surface area contributed by atoms with Gasteiger partial charge in [-0.3, -0.25) is 5.32 Å². The van der Waals surface area contributed by atoms with Crippen LogP contribution in [-0.4, -0.2) is 66.0 Å². The Morgan fingerprint density at radius 2 is 2.10 bits per heavy atom. The van der Waals surface area contributed by atoms with Crippen molar-refractivity contribution in [2.45, 2.75) is 25.2 Å². The molecule has 0 aliphatic carbocycles. The molecule has 2 fully saturated rings. The van der Waals surface area contributed by atoms with Gasteiger partial charge in [0.2, 0.25) is 0 Å². The first-order valence-electron chi connectivity index (χ1n) is 13.5. The van der Waals surface area contributed by atoms with E-state index < -0.39 is 0 Å². The molecule has 4 aromatic rings. The van der Waals surface area contributed by atoms with E-state index >= 15 is 0 Å².